The number of nitrogens with zero attached hydrogens (tertiary/aromatic N) is 3. The Labute approximate surface area is 166 Å². The highest BCUT2D eigenvalue weighted by molar-refractivity contribution is 7.10. The largest absolute Gasteiger partial charge is 0.409 e. The summed E-state index contributed by atoms with van der Waals surface area (Å²) >= 11 is 1.39. The summed E-state index contributed by atoms with van der Waals surface area (Å²) in [6, 6.07) is 20.3. The molecule has 0 saturated carbocycles. The topological polar surface area (TPSA) is 57.0 Å². The second-order valence-corrected chi connectivity index (χ2v) is 6.94. The fraction of sp³-hybridized carbons (Fsp3) is 0.0455. The molecule has 0 amide bonds. The highest BCUT2D eigenvalue weighted by Gasteiger charge is 2.16. The number of aromatic nitrogens is 3. The minimum Gasteiger partial charge on any atom is -0.409 e. The van der Waals surface area contributed by atoms with Crippen LogP contribution in [-0.2, 0) is 4.79 Å². The number of hydrogen-bond acceptors (Lipinski definition) is 5. The van der Waals surface area contributed by atoms with E-state index >= 15 is 0 Å². The summed E-state index contributed by atoms with van der Waals surface area (Å²) in [5.41, 5.74) is 5.22. The fourth-order valence-corrected chi connectivity index (χ4v) is 3.64. The second-order valence-electron chi connectivity index (χ2n) is 6.05. The van der Waals surface area contributed by atoms with Crippen LogP contribution in [0.15, 0.2) is 66.0 Å². The zero-order chi connectivity index (χ0) is 19.3. The van der Waals surface area contributed by atoms with Crippen LogP contribution in [0.25, 0.3) is 34.8 Å². The van der Waals surface area contributed by atoms with Gasteiger partial charge in [0.1, 0.15) is 5.01 Å². The van der Waals surface area contributed by atoms with Gasteiger partial charge >= 0.3 is 0 Å². The molecule has 0 unspecified atom stereocenters. The Bertz CT molecular complexity index is 1120. The number of hydrogen-bond donors (Lipinski definition) is 0. The Hall–Kier alpha value is -3.51. The summed E-state index contributed by atoms with van der Waals surface area (Å²) < 4.78 is 6.64. The summed E-state index contributed by atoms with van der Waals surface area (Å²) in [4.78, 5) is 14.7. The smallest absolute Gasteiger partial charge is 0.299 e. The van der Waals surface area contributed by atoms with Crippen molar-refractivity contribution in [3.05, 3.63) is 76.6 Å². The molecule has 0 aliphatic rings. The molecule has 0 radical (unpaired) electrons. The maximum atomic E-state index is 10.4. The molecule has 0 atom stereocenters. The van der Waals surface area contributed by atoms with Crippen molar-refractivity contribution in [1.29, 1.82) is 0 Å². The van der Waals surface area contributed by atoms with Crippen LogP contribution in [0.5, 0.6) is 5.88 Å². The molecule has 0 N–H and O–H groups in total. The van der Waals surface area contributed by atoms with Crippen LogP contribution in [0.1, 0.15) is 10.6 Å². The molecule has 2 heterocycles. The summed E-state index contributed by atoms with van der Waals surface area (Å²) in [6.45, 7) is 2.46. The molecule has 138 valence electrons. The molecule has 0 aliphatic heterocycles. The zero-order valence-electron chi connectivity index (χ0n) is 15.1. The first-order valence-corrected chi connectivity index (χ1v) is 9.58. The minimum atomic E-state index is 0.296. The molecule has 0 saturated heterocycles. The van der Waals surface area contributed by atoms with E-state index in [0.29, 0.717) is 12.4 Å². The average Bonchev–Trinajstić information content (AvgIpc) is 3.32. The first-order chi connectivity index (χ1) is 13.8. The van der Waals surface area contributed by atoms with Crippen molar-refractivity contribution in [1.82, 2.24) is 14.8 Å². The molecule has 6 heteroatoms. The van der Waals surface area contributed by atoms with E-state index < -0.39 is 0 Å². The zero-order valence-corrected chi connectivity index (χ0v) is 16.0. The predicted octanol–water partition coefficient (Wildman–Crippen LogP) is 5.15. The van der Waals surface area contributed by atoms with E-state index in [0.717, 1.165) is 33.1 Å². The number of benzene rings is 2. The first-order valence-electron chi connectivity index (χ1n) is 8.70. The first kappa shape index (κ1) is 17.9. The predicted molar refractivity (Wildman–Crippen MR) is 112 cm³/mol. The Morgan fingerprint density at radius 3 is 2.36 bits per heavy atom. The van der Waals surface area contributed by atoms with Crippen LogP contribution in [-0.4, -0.2) is 21.2 Å². The molecule has 0 aliphatic carbocycles. The lowest BCUT2D eigenvalue weighted by atomic mass is 10.0. The normalized spacial score (nSPS) is 11.0. The second kappa shape index (κ2) is 8.02. The van der Waals surface area contributed by atoms with Crippen LogP contribution in [0.4, 0.5) is 0 Å². The molecule has 28 heavy (non-hydrogen) atoms. The Morgan fingerprint density at radius 1 is 1.00 bits per heavy atom. The van der Waals surface area contributed by atoms with Gasteiger partial charge in [0.05, 0.1) is 16.8 Å². The molecule has 2 aromatic heterocycles. The molecule has 4 aromatic rings. The van der Waals surface area contributed by atoms with Crippen molar-refractivity contribution in [2.24, 2.45) is 0 Å². The van der Waals surface area contributed by atoms with Crippen molar-refractivity contribution in [3.63, 3.8) is 0 Å². The van der Waals surface area contributed by atoms with Crippen molar-refractivity contribution < 1.29 is 9.53 Å². The molecule has 0 bridgehead atoms. The quantitative estimate of drug-likeness (QED) is 0.430. The lowest BCUT2D eigenvalue weighted by Gasteiger charge is -2.04. The van der Waals surface area contributed by atoms with E-state index in [2.05, 4.69) is 36.2 Å². The molecule has 4 rings (SSSR count). The number of ether oxygens (including phenoxy) is 1. The summed E-state index contributed by atoms with van der Waals surface area (Å²) in [5.74, 6) is 0.296. The third-order valence-corrected chi connectivity index (χ3v) is 5.06. The van der Waals surface area contributed by atoms with Crippen LogP contribution < -0.4 is 4.74 Å². The van der Waals surface area contributed by atoms with E-state index in [4.69, 9.17) is 9.84 Å². The van der Waals surface area contributed by atoms with Crippen LogP contribution in [0.2, 0.25) is 0 Å². The van der Waals surface area contributed by atoms with E-state index in [1.165, 1.54) is 11.3 Å². The van der Waals surface area contributed by atoms with Crippen molar-refractivity contribution >= 4 is 30.1 Å². The summed E-state index contributed by atoms with van der Waals surface area (Å²) in [5, 5.41) is 7.25. The number of thiazole rings is 1. The lowest BCUT2D eigenvalue weighted by Crippen LogP contribution is -1.93. The van der Waals surface area contributed by atoms with Gasteiger partial charge in [-0.15, -0.1) is 11.3 Å². The van der Waals surface area contributed by atoms with Gasteiger partial charge < -0.3 is 4.74 Å². The van der Waals surface area contributed by atoms with Gasteiger partial charge in [0.15, 0.2) is 0 Å². The molecule has 5 nitrogen and oxygen atoms in total. The van der Waals surface area contributed by atoms with Crippen molar-refractivity contribution in [3.8, 4) is 28.4 Å². The van der Waals surface area contributed by atoms with Gasteiger partial charge in [-0.2, -0.15) is 5.10 Å². The molecule has 0 fully saturated rings. The van der Waals surface area contributed by atoms with Gasteiger partial charge in [0, 0.05) is 22.9 Å². The Kier molecular flexibility index (Phi) is 5.12. The highest BCUT2D eigenvalue weighted by Crippen LogP contribution is 2.32. The van der Waals surface area contributed by atoms with Gasteiger partial charge in [-0.1, -0.05) is 60.7 Å². The Morgan fingerprint density at radius 2 is 1.68 bits per heavy atom. The van der Waals surface area contributed by atoms with E-state index in [1.54, 1.807) is 5.38 Å². The number of carbonyl (C=O) groups excluding carboxylic acids is 1. The van der Waals surface area contributed by atoms with Gasteiger partial charge in [-0.3, -0.25) is 4.79 Å². The van der Waals surface area contributed by atoms with Crippen molar-refractivity contribution in [2.45, 2.75) is 6.92 Å². The summed E-state index contributed by atoms with van der Waals surface area (Å²) in [7, 11) is 0. The highest BCUT2D eigenvalue weighted by atomic mass is 32.1. The van der Waals surface area contributed by atoms with E-state index in [-0.39, 0.29) is 0 Å². The van der Waals surface area contributed by atoms with E-state index in [1.807, 2.05) is 53.4 Å². The number of carbonyl (C=O) groups is 1. The standard InChI is InChI=1S/C22H17N3O2S/c1-16-21(17-8-4-2-5-9-17)24-25(22(16)18-10-6-3-7-11-18)13-12-20-23-19(14-28-20)27-15-26/h2-15H,1H3. The van der Waals surface area contributed by atoms with Crippen LogP contribution >= 0.6 is 11.3 Å². The van der Waals surface area contributed by atoms with Crippen molar-refractivity contribution in [2.75, 3.05) is 0 Å². The fourth-order valence-electron chi connectivity index (χ4n) is 3.03. The summed E-state index contributed by atoms with van der Waals surface area (Å²) in [6.07, 6.45) is 3.74. The maximum Gasteiger partial charge on any atom is 0.299 e. The SMILES string of the molecule is Cc1c(-c2ccccc2)nn(C=Cc2nc(OC=O)cs2)c1-c1ccccc1. The van der Waals surface area contributed by atoms with Gasteiger partial charge in [-0.25, -0.2) is 9.67 Å². The van der Waals surface area contributed by atoms with Crippen LogP contribution in [0, 0.1) is 6.92 Å². The molecular weight excluding hydrogens is 370 g/mol. The third kappa shape index (κ3) is 3.63. The van der Waals surface area contributed by atoms with Gasteiger partial charge in [0.25, 0.3) is 6.47 Å². The number of rotatable bonds is 6. The average molecular weight is 387 g/mol. The monoisotopic (exact) mass is 387 g/mol. The Balaban J connectivity index is 1.78. The third-order valence-electron chi connectivity index (χ3n) is 4.27. The lowest BCUT2D eigenvalue weighted by molar-refractivity contribution is -0.120. The molecular formula is C22H17N3O2S. The van der Waals surface area contributed by atoms with E-state index in [9.17, 15) is 4.79 Å². The molecule has 0 spiro atoms. The van der Waals surface area contributed by atoms with Gasteiger partial charge in [0.2, 0.25) is 5.88 Å². The minimum absolute atomic E-state index is 0.296. The van der Waals surface area contributed by atoms with Gasteiger partial charge in [-0.05, 0) is 13.0 Å². The maximum absolute atomic E-state index is 10.4. The molecule has 2 aromatic carbocycles. The van der Waals surface area contributed by atoms with Crippen LogP contribution in [0.3, 0.4) is 0 Å².